The molecular weight excluding hydrogens is 360 g/mol. The number of para-hydroxylation sites is 1. The molecule has 1 atom stereocenters. The summed E-state index contributed by atoms with van der Waals surface area (Å²) in [5.74, 6) is 0. The van der Waals surface area contributed by atoms with Crippen molar-refractivity contribution in [2.45, 2.75) is 25.5 Å². The van der Waals surface area contributed by atoms with Crippen molar-refractivity contribution in [1.29, 1.82) is 0 Å². The van der Waals surface area contributed by atoms with Crippen LogP contribution in [-0.2, 0) is 11.4 Å². The number of hydrogen-bond acceptors (Lipinski definition) is 3. The van der Waals surface area contributed by atoms with Crippen LogP contribution in [0.25, 0.3) is 10.9 Å². The quantitative estimate of drug-likeness (QED) is 0.441. The highest BCUT2D eigenvalue weighted by Gasteiger charge is 2.25. The number of halogens is 2. The molecule has 1 unspecified atom stereocenters. The molecule has 0 radical (unpaired) electrons. The average molecular weight is 374 g/mol. The summed E-state index contributed by atoms with van der Waals surface area (Å²) >= 11 is 8.28. The first kappa shape index (κ1) is 15.8. The van der Waals surface area contributed by atoms with Gasteiger partial charge in [-0.25, -0.2) is 4.98 Å². The van der Waals surface area contributed by atoms with E-state index in [0.717, 1.165) is 15.4 Å². The lowest BCUT2D eigenvalue weighted by molar-refractivity contribution is 0.562. The maximum Gasteiger partial charge on any atom is 0.144 e. The molecule has 0 saturated heterocycles. The molecule has 2 aromatic rings. The van der Waals surface area contributed by atoms with E-state index in [9.17, 15) is 4.55 Å². The summed E-state index contributed by atoms with van der Waals surface area (Å²) in [6.07, 6.45) is 1.52. The first-order valence-corrected chi connectivity index (χ1v) is 8.27. The molecule has 0 amide bonds. The lowest BCUT2D eigenvalue weighted by Crippen LogP contribution is -2.25. The van der Waals surface area contributed by atoms with Gasteiger partial charge in [-0.15, -0.1) is 0 Å². The van der Waals surface area contributed by atoms with Gasteiger partial charge in [-0.2, -0.15) is 0 Å². The molecule has 0 spiro atoms. The molecule has 6 heteroatoms. The fraction of sp³-hybridized carbons (Fsp3) is 0.286. The fourth-order valence-corrected chi connectivity index (χ4v) is 2.69. The number of nitrogens with zero attached hydrogens (tertiary/aromatic N) is 2. The number of aromatic nitrogens is 1. The Hall–Kier alpha value is -0.620. The van der Waals surface area contributed by atoms with Crippen molar-refractivity contribution in [2.75, 3.05) is 0 Å². The smallest absolute Gasteiger partial charge is 0.144 e. The summed E-state index contributed by atoms with van der Waals surface area (Å²) in [4.78, 5) is 4.34. The SMILES string of the molecule is CC(C)(C)[S+]([O-])N=Cc1cc2cccc(Br)c2nc1Cl. The van der Waals surface area contributed by atoms with Gasteiger partial charge in [-0.1, -0.05) is 28.1 Å². The van der Waals surface area contributed by atoms with Crippen molar-refractivity contribution < 1.29 is 4.55 Å². The summed E-state index contributed by atoms with van der Waals surface area (Å²) in [6, 6.07) is 7.67. The first-order valence-electron chi connectivity index (χ1n) is 6.00. The second kappa shape index (κ2) is 6.02. The predicted molar refractivity (Wildman–Crippen MR) is 89.9 cm³/mol. The molecule has 0 aliphatic heterocycles. The van der Waals surface area contributed by atoms with E-state index in [4.69, 9.17) is 11.6 Å². The van der Waals surface area contributed by atoms with Gasteiger partial charge < -0.3 is 4.55 Å². The Morgan fingerprint density at radius 1 is 1.40 bits per heavy atom. The molecular formula is C14H14BrClN2OS. The summed E-state index contributed by atoms with van der Waals surface area (Å²) in [6.45, 7) is 5.62. The Morgan fingerprint density at radius 2 is 2.10 bits per heavy atom. The highest BCUT2D eigenvalue weighted by atomic mass is 79.9. The molecule has 0 aliphatic carbocycles. The third-order valence-electron chi connectivity index (χ3n) is 2.59. The summed E-state index contributed by atoms with van der Waals surface area (Å²) in [5.41, 5.74) is 1.46. The van der Waals surface area contributed by atoms with E-state index < -0.39 is 16.1 Å². The molecule has 1 aromatic carbocycles. The molecule has 0 aliphatic rings. The summed E-state index contributed by atoms with van der Waals surface area (Å²) in [7, 11) is 0. The van der Waals surface area contributed by atoms with Crippen LogP contribution in [0.2, 0.25) is 5.15 Å². The van der Waals surface area contributed by atoms with Crippen molar-refractivity contribution in [2.24, 2.45) is 4.40 Å². The third kappa shape index (κ3) is 3.52. The Kier molecular flexibility index (Phi) is 4.74. The van der Waals surface area contributed by atoms with Gasteiger partial charge in [-0.3, -0.25) is 0 Å². The molecule has 2 rings (SSSR count). The molecule has 0 saturated carbocycles. The van der Waals surface area contributed by atoms with Gasteiger partial charge in [0.05, 0.1) is 11.7 Å². The molecule has 106 valence electrons. The maximum atomic E-state index is 11.9. The van der Waals surface area contributed by atoms with E-state index >= 15 is 0 Å². The van der Waals surface area contributed by atoms with Gasteiger partial charge in [0.2, 0.25) is 0 Å². The van der Waals surface area contributed by atoms with Crippen LogP contribution >= 0.6 is 27.5 Å². The highest BCUT2D eigenvalue weighted by Crippen LogP contribution is 2.26. The zero-order valence-electron chi connectivity index (χ0n) is 11.4. The number of fused-ring (bicyclic) bond motifs is 1. The van der Waals surface area contributed by atoms with Crippen molar-refractivity contribution in [3.63, 3.8) is 0 Å². The Morgan fingerprint density at radius 3 is 2.75 bits per heavy atom. The van der Waals surface area contributed by atoms with Crippen LogP contribution in [0.3, 0.4) is 0 Å². The van der Waals surface area contributed by atoms with E-state index in [1.54, 1.807) is 0 Å². The van der Waals surface area contributed by atoms with Crippen LogP contribution < -0.4 is 0 Å². The summed E-state index contributed by atoms with van der Waals surface area (Å²) < 4.78 is 16.5. The Bertz CT molecular complexity index is 670. The van der Waals surface area contributed by atoms with Crippen LogP contribution in [0, 0.1) is 0 Å². The van der Waals surface area contributed by atoms with Gasteiger partial charge in [0.1, 0.15) is 21.3 Å². The zero-order chi connectivity index (χ0) is 14.9. The van der Waals surface area contributed by atoms with Crippen LogP contribution in [-0.4, -0.2) is 20.5 Å². The summed E-state index contributed by atoms with van der Waals surface area (Å²) in [5, 5.41) is 1.30. The largest absolute Gasteiger partial charge is 0.591 e. The number of hydrogen-bond donors (Lipinski definition) is 0. The predicted octanol–water partition coefficient (Wildman–Crippen LogP) is 4.53. The molecule has 0 bridgehead atoms. The highest BCUT2D eigenvalue weighted by molar-refractivity contribution is 9.10. The standard InChI is InChI=1S/C14H14BrClN2OS/c1-14(2,3)20(19)17-8-10-7-9-5-4-6-11(15)12(9)18-13(10)16/h4-8H,1-3H3. The van der Waals surface area contributed by atoms with E-state index in [1.165, 1.54) is 6.21 Å². The molecule has 1 aromatic heterocycles. The maximum absolute atomic E-state index is 11.9. The minimum atomic E-state index is -1.31. The van der Waals surface area contributed by atoms with Crippen LogP contribution in [0.5, 0.6) is 0 Å². The Balaban J connectivity index is 2.41. The van der Waals surface area contributed by atoms with Crippen LogP contribution in [0.1, 0.15) is 26.3 Å². The van der Waals surface area contributed by atoms with Crippen molar-refractivity contribution in [3.8, 4) is 0 Å². The zero-order valence-corrected chi connectivity index (χ0v) is 14.5. The van der Waals surface area contributed by atoms with E-state index in [0.29, 0.717) is 10.7 Å². The molecule has 1 heterocycles. The number of benzene rings is 1. The Labute approximate surface area is 134 Å². The average Bonchev–Trinajstić information content (AvgIpc) is 2.36. The third-order valence-corrected chi connectivity index (χ3v) is 4.88. The van der Waals surface area contributed by atoms with E-state index in [-0.39, 0.29) is 0 Å². The first-order chi connectivity index (χ1) is 9.29. The molecule has 3 nitrogen and oxygen atoms in total. The van der Waals surface area contributed by atoms with Crippen LogP contribution in [0.4, 0.5) is 0 Å². The number of rotatable bonds is 2. The lowest BCUT2D eigenvalue weighted by atomic mass is 10.2. The second-order valence-corrected chi connectivity index (χ2v) is 8.42. The van der Waals surface area contributed by atoms with Crippen molar-refractivity contribution >= 4 is 56.0 Å². The lowest BCUT2D eigenvalue weighted by Gasteiger charge is -2.17. The van der Waals surface area contributed by atoms with E-state index in [1.807, 2.05) is 45.0 Å². The van der Waals surface area contributed by atoms with Gasteiger partial charge >= 0.3 is 0 Å². The normalized spacial score (nSPS) is 14.1. The van der Waals surface area contributed by atoms with Gasteiger partial charge in [-0.05, 0) is 48.8 Å². The van der Waals surface area contributed by atoms with Crippen LogP contribution in [0.15, 0.2) is 33.1 Å². The van der Waals surface area contributed by atoms with Crippen molar-refractivity contribution in [1.82, 2.24) is 4.98 Å². The topological polar surface area (TPSA) is 48.3 Å². The minimum absolute atomic E-state index is 0.346. The molecule has 0 fully saturated rings. The van der Waals surface area contributed by atoms with Gasteiger partial charge in [0.25, 0.3) is 0 Å². The molecule has 0 N–H and O–H groups in total. The van der Waals surface area contributed by atoms with Crippen molar-refractivity contribution in [3.05, 3.63) is 39.5 Å². The minimum Gasteiger partial charge on any atom is -0.591 e. The van der Waals surface area contributed by atoms with Gasteiger partial charge in [0, 0.05) is 15.4 Å². The monoisotopic (exact) mass is 372 g/mol. The van der Waals surface area contributed by atoms with E-state index in [2.05, 4.69) is 25.3 Å². The molecule has 20 heavy (non-hydrogen) atoms. The van der Waals surface area contributed by atoms with Gasteiger partial charge in [0.15, 0.2) is 0 Å². The fourth-order valence-electron chi connectivity index (χ4n) is 1.51. The number of pyridine rings is 1. The second-order valence-electron chi connectivity index (χ2n) is 5.28.